The third-order valence-corrected chi connectivity index (χ3v) is 3.79. The highest BCUT2D eigenvalue weighted by Gasteiger charge is 2.25. The van der Waals surface area contributed by atoms with Gasteiger partial charge in [-0.3, -0.25) is 0 Å². The Morgan fingerprint density at radius 3 is 2.83 bits per heavy atom. The summed E-state index contributed by atoms with van der Waals surface area (Å²) in [4.78, 5) is 11.2. The van der Waals surface area contributed by atoms with Gasteiger partial charge in [0.25, 0.3) is 0 Å². The molecular weight excluding hydrogens is 228 g/mol. The fraction of sp³-hybridized carbons (Fsp3) is 0.400. The Balaban J connectivity index is 2.13. The second-order valence-corrected chi connectivity index (χ2v) is 4.92. The predicted molar refractivity (Wildman–Crippen MR) is 68.9 cm³/mol. The SMILES string of the molecule is O=C(O)c1cccc2c1OCC1=C2CCCCC1. The number of carboxylic acid groups (broad SMARTS) is 1. The lowest BCUT2D eigenvalue weighted by molar-refractivity contribution is 0.0692. The quantitative estimate of drug-likeness (QED) is 0.822. The minimum atomic E-state index is -0.912. The lowest BCUT2D eigenvalue weighted by Crippen LogP contribution is -2.14. The molecule has 1 heterocycles. The molecular formula is C15H16O3. The molecule has 0 saturated carbocycles. The van der Waals surface area contributed by atoms with Gasteiger partial charge >= 0.3 is 5.97 Å². The van der Waals surface area contributed by atoms with Gasteiger partial charge < -0.3 is 9.84 Å². The van der Waals surface area contributed by atoms with Gasteiger partial charge in [-0.25, -0.2) is 4.79 Å². The Morgan fingerprint density at radius 1 is 1.17 bits per heavy atom. The molecule has 3 rings (SSSR count). The smallest absolute Gasteiger partial charge is 0.339 e. The third kappa shape index (κ3) is 1.80. The Morgan fingerprint density at radius 2 is 2.00 bits per heavy atom. The number of benzene rings is 1. The van der Waals surface area contributed by atoms with E-state index in [9.17, 15) is 9.90 Å². The summed E-state index contributed by atoms with van der Waals surface area (Å²) in [6.45, 7) is 0.562. The van der Waals surface area contributed by atoms with Gasteiger partial charge in [0, 0.05) is 5.56 Å². The average molecular weight is 244 g/mol. The molecule has 2 aliphatic rings. The third-order valence-electron chi connectivity index (χ3n) is 3.79. The van der Waals surface area contributed by atoms with Crippen LogP contribution in [-0.2, 0) is 0 Å². The molecule has 0 spiro atoms. The molecule has 1 aromatic carbocycles. The van der Waals surface area contributed by atoms with Crippen molar-refractivity contribution < 1.29 is 14.6 Å². The second-order valence-electron chi connectivity index (χ2n) is 4.92. The Bertz CT molecular complexity index is 529. The van der Waals surface area contributed by atoms with Gasteiger partial charge in [0.1, 0.15) is 17.9 Å². The minimum absolute atomic E-state index is 0.281. The van der Waals surface area contributed by atoms with Gasteiger partial charge in [-0.2, -0.15) is 0 Å². The molecule has 0 radical (unpaired) electrons. The van der Waals surface area contributed by atoms with Gasteiger partial charge in [0.2, 0.25) is 0 Å². The first kappa shape index (κ1) is 11.3. The van der Waals surface area contributed by atoms with Crippen molar-refractivity contribution in [1.82, 2.24) is 0 Å². The molecule has 18 heavy (non-hydrogen) atoms. The first-order valence-corrected chi connectivity index (χ1v) is 6.48. The van der Waals surface area contributed by atoms with E-state index in [0.29, 0.717) is 12.4 Å². The van der Waals surface area contributed by atoms with Crippen LogP contribution in [-0.4, -0.2) is 17.7 Å². The maximum Gasteiger partial charge on any atom is 0.339 e. The standard InChI is InChI=1S/C15H16O3/c16-15(17)13-8-4-7-12-11-6-3-1-2-5-10(11)9-18-14(12)13/h4,7-8H,1-3,5-6,9H2,(H,16,17). The van der Waals surface area contributed by atoms with Crippen LogP contribution in [0.3, 0.4) is 0 Å². The zero-order valence-corrected chi connectivity index (χ0v) is 10.2. The zero-order chi connectivity index (χ0) is 12.5. The van der Waals surface area contributed by atoms with E-state index in [1.54, 1.807) is 6.07 Å². The molecule has 0 unspecified atom stereocenters. The number of aromatic carboxylic acids is 1. The van der Waals surface area contributed by atoms with Crippen LogP contribution in [0.5, 0.6) is 5.75 Å². The molecule has 1 aliphatic carbocycles. The van der Waals surface area contributed by atoms with Crippen molar-refractivity contribution in [3.8, 4) is 5.75 Å². The number of carboxylic acids is 1. The topological polar surface area (TPSA) is 46.5 Å². The van der Waals surface area contributed by atoms with Crippen LogP contribution in [0.25, 0.3) is 5.57 Å². The first-order chi connectivity index (χ1) is 8.77. The van der Waals surface area contributed by atoms with Gasteiger partial charge in [-0.1, -0.05) is 18.6 Å². The molecule has 1 N–H and O–H groups in total. The number of hydrogen-bond acceptors (Lipinski definition) is 2. The lowest BCUT2D eigenvalue weighted by Gasteiger charge is -2.24. The monoisotopic (exact) mass is 244 g/mol. The van der Waals surface area contributed by atoms with E-state index in [2.05, 4.69) is 0 Å². The molecule has 0 amide bonds. The normalized spacial score (nSPS) is 18.4. The predicted octanol–water partition coefficient (Wildman–Crippen LogP) is 3.49. The van der Waals surface area contributed by atoms with Gasteiger partial charge in [-0.05, 0) is 42.9 Å². The number of para-hydroxylation sites is 1. The van der Waals surface area contributed by atoms with Gasteiger partial charge in [-0.15, -0.1) is 0 Å². The van der Waals surface area contributed by atoms with Crippen molar-refractivity contribution in [2.75, 3.05) is 6.61 Å². The van der Waals surface area contributed by atoms with Crippen molar-refractivity contribution in [3.05, 3.63) is 34.9 Å². The second kappa shape index (κ2) is 4.48. The molecule has 3 nitrogen and oxygen atoms in total. The summed E-state index contributed by atoms with van der Waals surface area (Å²) in [5.74, 6) is -0.352. The van der Waals surface area contributed by atoms with Crippen molar-refractivity contribution in [3.63, 3.8) is 0 Å². The molecule has 0 bridgehead atoms. The number of carbonyl (C=O) groups is 1. The number of ether oxygens (including phenoxy) is 1. The van der Waals surface area contributed by atoms with Crippen LogP contribution in [0.15, 0.2) is 23.8 Å². The molecule has 0 saturated heterocycles. The Labute approximate surface area is 106 Å². The average Bonchev–Trinajstić information content (AvgIpc) is 2.62. The highest BCUT2D eigenvalue weighted by Crippen LogP contribution is 2.41. The van der Waals surface area contributed by atoms with E-state index < -0.39 is 5.97 Å². The van der Waals surface area contributed by atoms with E-state index in [1.165, 1.54) is 30.4 Å². The molecule has 0 aromatic heterocycles. The van der Waals surface area contributed by atoms with E-state index in [1.807, 2.05) is 12.1 Å². The maximum atomic E-state index is 11.2. The molecule has 0 fully saturated rings. The van der Waals surface area contributed by atoms with Crippen molar-refractivity contribution >= 4 is 11.5 Å². The molecule has 1 aromatic rings. The summed E-state index contributed by atoms with van der Waals surface area (Å²) >= 11 is 0. The zero-order valence-electron chi connectivity index (χ0n) is 10.2. The van der Waals surface area contributed by atoms with E-state index in [4.69, 9.17) is 4.74 Å². The molecule has 3 heteroatoms. The Hall–Kier alpha value is -1.77. The fourth-order valence-corrected chi connectivity index (χ4v) is 2.89. The lowest BCUT2D eigenvalue weighted by atomic mass is 9.92. The van der Waals surface area contributed by atoms with E-state index in [0.717, 1.165) is 18.4 Å². The number of fused-ring (bicyclic) bond motifs is 2. The van der Waals surface area contributed by atoms with Crippen LogP contribution in [0.1, 0.15) is 48.0 Å². The van der Waals surface area contributed by atoms with Crippen molar-refractivity contribution in [1.29, 1.82) is 0 Å². The van der Waals surface area contributed by atoms with Crippen LogP contribution in [0.2, 0.25) is 0 Å². The van der Waals surface area contributed by atoms with Crippen LogP contribution >= 0.6 is 0 Å². The van der Waals surface area contributed by atoms with Gasteiger partial charge in [0.15, 0.2) is 0 Å². The maximum absolute atomic E-state index is 11.2. The highest BCUT2D eigenvalue weighted by molar-refractivity contribution is 5.94. The summed E-state index contributed by atoms with van der Waals surface area (Å²) in [7, 11) is 0. The largest absolute Gasteiger partial charge is 0.488 e. The summed E-state index contributed by atoms with van der Waals surface area (Å²) in [6.07, 6.45) is 5.80. The molecule has 94 valence electrons. The minimum Gasteiger partial charge on any atom is -0.488 e. The Kier molecular flexibility index (Phi) is 2.82. The summed E-state index contributed by atoms with van der Waals surface area (Å²) in [5.41, 5.74) is 3.97. The van der Waals surface area contributed by atoms with Crippen molar-refractivity contribution in [2.45, 2.75) is 32.1 Å². The highest BCUT2D eigenvalue weighted by atomic mass is 16.5. The summed E-state index contributed by atoms with van der Waals surface area (Å²) in [5, 5.41) is 9.20. The fourth-order valence-electron chi connectivity index (χ4n) is 2.89. The number of rotatable bonds is 1. The van der Waals surface area contributed by atoms with Gasteiger partial charge in [0.05, 0.1) is 0 Å². The summed E-state index contributed by atoms with van der Waals surface area (Å²) in [6, 6.07) is 5.41. The van der Waals surface area contributed by atoms with Crippen LogP contribution < -0.4 is 4.74 Å². The van der Waals surface area contributed by atoms with Crippen LogP contribution in [0.4, 0.5) is 0 Å². The number of hydrogen-bond donors (Lipinski definition) is 1. The number of allylic oxidation sites excluding steroid dienone is 1. The molecule has 0 atom stereocenters. The van der Waals surface area contributed by atoms with E-state index >= 15 is 0 Å². The van der Waals surface area contributed by atoms with E-state index in [-0.39, 0.29) is 5.56 Å². The summed E-state index contributed by atoms with van der Waals surface area (Å²) < 4.78 is 5.70. The molecule has 1 aliphatic heterocycles. The van der Waals surface area contributed by atoms with Crippen LogP contribution in [0, 0.1) is 0 Å². The van der Waals surface area contributed by atoms with Crippen molar-refractivity contribution in [2.24, 2.45) is 0 Å². The first-order valence-electron chi connectivity index (χ1n) is 6.48.